The van der Waals surface area contributed by atoms with E-state index in [1.54, 1.807) is 4.90 Å². The van der Waals surface area contributed by atoms with Crippen molar-refractivity contribution in [3.63, 3.8) is 0 Å². The summed E-state index contributed by atoms with van der Waals surface area (Å²) >= 11 is 0. The Hall–Kier alpha value is -2.37. The predicted molar refractivity (Wildman–Crippen MR) is 103 cm³/mol. The van der Waals surface area contributed by atoms with Crippen molar-refractivity contribution < 1.29 is 14.4 Å². The quantitative estimate of drug-likeness (QED) is 0.863. The number of nitrogens with one attached hydrogen (secondary N) is 1. The third-order valence-electron chi connectivity index (χ3n) is 5.48. The Bertz CT molecular complexity index is 671. The van der Waals surface area contributed by atoms with Gasteiger partial charge in [-0.3, -0.25) is 14.4 Å². The summed E-state index contributed by atoms with van der Waals surface area (Å²) in [5.74, 6) is -0.133. The molecule has 2 heterocycles. The highest BCUT2D eigenvalue weighted by molar-refractivity contribution is 5.88. The largest absolute Gasteiger partial charge is 0.349 e. The Morgan fingerprint density at radius 2 is 1.70 bits per heavy atom. The highest BCUT2D eigenvalue weighted by Gasteiger charge is 2.36. The van der Waals surface area contributed by atoms with Gasteiger partial charge in [0, 0.05) is 26.6 Å². The van der Waals surface area contributed by atoms with Gasteiger partial charge in [-0.1, -0.05) is 30.3 Å². The van der Waals surface area contributed by atoms with Gasteiger partial charge in [0.05, 0.1) is 12.5 Å². The third kappa shape index (κ3) is 4.87. The summed E-state index contributed by atoms with van der Waals surface area (Å²) in [5, 5.41) is 2.88. The zero-order valence-electron chi connectivity index (χ0n) is 16.0. The number of nitrogens with zero attached hydrogens (tertiary/aromatic N) is 2. The SMILES string of the molecule is CC(=O)NC(CC(=O)N1CCCCC1C(=O)N1CCCC1)c1ccccc1. The minimum absolute atomic E-state index is 0.0603. The number of rotatable bonds is 5. The van der Waals surface area contributed by atoms with Gasteiger partial charge in [-0.25, -0.2) is 0 Å². The molecular weight excluding hydrogens is 342 g/mol. The van der Waals surface area contributed by atoms with Crippen LogP contribution in [0.1, 0.15) is 57.1 Å². The summed E-state index contributed by atoms with van der Waals surface area (Å²) in [4.78, 5) is 41.3. The topological polar surface area (TPSA) is 69.7 Å². The van der Waals surface area contributed by atoms with Crippen molar-refractivity contribution >= 4 is 17.7 Å². The molecule has 6 nitrogen and oxygen atoms in total. The smallest absolute Gasteiger partial charge is 0.245 e. The maximum atomic E-state index is 13.1. The molecule has 2 atom stereocenters. The van der Waals surface area contributed by atoms with Crippen molar-refractivity contribution in [2.75, 3.05) is 19.6 Å². The number of carbonyl (C=O) groups is 3. The minimum atomic E-state index is -0.374. The van der Waals surface area contributed by atoms with Gasteiger partial charge in [0.2, 0.25) is 17.7 Å². The highest BCUT2D eigenvalue weighted by atomic mass is 16.2. The number of likely N-dealkylation sites (tertiary alicyclic amines) is 2. The molecule has 2 fully saturated rings. The lowest BCUT2D eigenvalue weighted by atomic mass is 9.98. The lowest BCUT2D eigenvalue weighted by molar-refractivity contribution is -0.147. The fraction of sp³-hybridized carbons (Fsp3) is 0.571. The monoisotopic (exact) mass is 371 g/mol. The van der Waals surface area contributed by atoms with Gasteiger partial charge < -0.3 is 15.1 Å². The summed E-state index contributed by atoms with van der Waals surface area (Å²) in [6.45, 7) is 3.68. The minimum Gasteiger partial charge on any atom is -0.349 e. The first-order valence-corrected chi connectivity index (χ1v) is 9.96. The number of hydrogen-bond donors (Lipinski definition) is 1. The van der Waals surface area contributed by atoms with E-state index in [-0.39, 0.29) is 36.2 Å². The molecule has 6 heteroatoms. The molecule has 0 spiro atoms. The van der Waals surface area contributed by atoms with E-state index in [1.165, 1.54) is 6.92 Å². The first-order chi connectivity index (χ1) is 13.1. The molecule has 3 amide bonds. The standard InChI is InChI=1S/C21H29N3O3/c1-16(25)22-18(17-9-3-2-4-10-17)15-20(26)24-14-6-5-11-19(24)21(27)23-12-7-8-13-23/h2-4,9-10,18-19H,5-8,11-15H2,1H3,(H,22,25). The van der Waals surface area contributed by atoms with Crippen LogP contribution in [0, 0.1) is 0 Å². The Morgan fingerprint density at radius 1 is 1.04 bits per heavy atom. The van der Waals surface area contributed by atoms with E-state index in [9.17, 15) is 14.4 Å². The van der Waals surface area contributed by atoms with E-state index in [2.05, 4.69) is 5.32 Å². The molecule has 27 heavy (non-hydrogen) atoms. The fourth-order valence-electron chi connectivity index (χ4n) is 4.11. The van der Waals surface area contributed by atoms with Gasteiger partial charge in [-0.2, -0.15) is 0 Å². The number of piperidine rings is 1. The molecule has 0 saturated carbocycles. The summed E-state index contributed by atoms with van der Waals surface area (Å²) in [6.07, 6.45) is 4.90. The molecule has 1 aromatic carbocycles. The highest BCUT2D eigenvalue weighted by Crippen LogP contribution is 2.25. The van der Waals surface area contributed by atoms with E-state index in [1.807, 2.05) is 35.2 Å². The van der Waals surface area contributed by atoms with Crippen LogP contribution < -0.4 is 5.32 Å². The van der Waals surface area contributed by atoms with E-state index < -0.39 is 0 Å². The fourth-order valence-corrected chi connectivity index (χ4v) is 4.11. The Balaban J connectivity index is 1.72. The van der Waals surface area contributed by atoms with Gasteiger partial charge >= 0.3 is 0 Å². The summed E-state index contributed by atoms with van der Waals surface area (Å²) in [7, 11) is 0. The average Bonchev–Trinajstić information content (AvgIpc) is 3.22. The van der Waals surface area contributed by atoms with E-state index in [0.29, 0.717) is 6.54 Å². The van der Waals surface area contributed by atoms with Crippen molar-refractivity contribution in [1.82, 2.24) is 15.1 Å². The number of carbonyl (C=O) groups excluding carboxylic acids is 3. The van der Waals surface area contributed by atoms with Gasteiger partial charge in [-0.15, -0.1) is 0 Å². The average molecular weight is 371 g/mol. The molecule has 0 radical (unpaired) electrons. The molecule has 2 aliphatic heterocycles. The van der Waals surface area contributed by atoms with Gasteiger partial charge in [0.25, 0.3) is 0 Å². The van der Waals surface area contributed by atoms with E-state index in [4.69, 9.17) is 0 Å². The second kappa shape index (κ2) is 9.02. The summed E-state index contributed by atoms with van der Waals surface area (Å²) < 4.78 is 0. The number of amides is 3. The van der Waals surface area contributed by atoms with Gasteiger partial charge in [0.1, 0.15) is 6.04 Å². The number of benzene rings is 1. The molecule has 2 aliphatic rings. The second-order valence-corrected chi connectivity index (χ2v) is 7.50. The third-order valence-corrected chi connectivity index (χ3v) is 5.48. The molecule has 0 bridgehead atoms. The van der Waals surface area contributed by atoms with Crippen molar-refractivity contribution in [3.8, 4) is 0 Å². The molecule has 146 valence electrons. The van der Waals surface area contributed by atoms with E-state index >= 15 is 0 Å². The molecular formula is C21H29N3O3. The number of hydrogen-bond acceptors (Lipinski definition) is 3. The molecule has 0 aliphatic carbocycles. The molecule has 3 rings (SSSR count). The normalized spacial score (nSPS) is 21.0. The first kappa shape index (κ1) is 19.4. The molecule has 2 unspecified atom stereocenters. The maximum Gasteiger partial charge on any atom is 0.245 e. The molecule has 1 N–H and O–H groups in total. The zero-order chi connectivity index (χ0) is 19.2. The van der Waals surface area contributed by atoms with Crippen molar-refractivity contribution in [1.29, 1.82) is 0 Å². The lowest BCUT2D eigenvalue weighted by Gasteiger charge is -2.37. The first-order valence-electron chi connectivity index (χ1n) is 9.96. The van der Waals surface area contributed by atoms with Crippen LogP contribution in [0.25, 0.3) is 0 Å². The van der Waals surface area contributed by atoms with E-state index in [0.717, 1.165) is 50.8 Å². The molecule has 0 aromatic heterocycles. The Labute approximate surface area is 160 Å². The van der Waals surface area contributed by atoms with Crippen LogP contribution in [0.2, 0.25) is 0 Å². The second-order valence-electron chi connectivity index (χ2n) is 7.50. The Kier molecular flexibility index (Phi) is 6.48. The van der Waals surface area contributed by atoms with Crippen molar-refractivity contribution in [2.45, 2.75) is 57.5 Å². The zero-order valence-corrected chi connectivity index (χ0v) is 16.0. The molecule has 2 saturated heterocycles. The lowest BCUT2D eigenvalue weighted by Crippen LogP contribution is -2.53. The predicted octanol–water partition coefficient (Wildman–Crippen LogP) is 2.26. The molecule has 1 aromatic rings. The Morgan fingerprint density at radius 3 is 2.37 bits per heavy atom. The summed E-state index contributed by atoms with van der Waals surface area (Å²) in [5.41, 5.74) is 0.903. The van der Waals surface area contributed by atoms with Crippen LogP contribution in [0.3, 0.4) is 0 Å². The van der Waals surface area contributed by atoms with Crippen LogP contribution in [0.15, 0.2) is 30.3 Å². The van der Waals surface area contributed by atoms with Crippen LogP contribution in [0.5, 0.6) is 0 Å². The van der Waals surface area contributed by atoms with Crippen LogP contribution >= 0.6 is 0 Å². The van der Waals surface area contributed by atoms with Crippen molar-refractivity contribution in [2.24, 2.45) is 0 Å². The van der Waals surface area contributed by atoms with Gasteiger partial charge in [-0.05, 0) is 37.7 Å². The maximum absolute atomic E-state index is 13.1. The van der Waals surface area contributed by atoms with Crippen LogP contribution in [0.4, 0.5) is 0 Å². The van der Waals surface area contributed by atoms with Crippen molar-refractivity contribution in [3.05, 3.63) is 35.9 Å². The summed E-state index contributed by atoms with van der Waals surface area (Å²) in [6, 6.07) is 8.81. The van der Waals surface area contributed by atoms with Crippen LogP contribution in [-0.2, 0) is 14.4 Å². The van der Waals surface area contributed by atoms with Gasteiger partial charge in [0.15, 0.2) is 0 Å². The van der Waals surface area contributed by atoms with Crippen LogP contribution in [-0.4, -0.2) is 53.2 Å².